The van der Waals surface area contributed by atoms with Crippen molar-refractivity contribution in [3.05, 3.63) is 23.2 Å². The first-order valence-electron chi connectivity index (χ1n) is 7.19. The van der Waals surface area contributed by atoms with Gasteiger partial charge in [0.25, 0.3) is 0 Å². The van der Waals surface area contributed by atoms with Gasteiger partial charge in [0.1, 0.15) is 4.90 Å². The molecule has 0 bridgehead atoms. The lowest BCUT2D eigenvalue weighted by Crippen LogP contribution is -2.44. The summed E-state index contributed by atoms with van der Waals surface area (Å²) in [6, 6.07) is 4.59. The summed E-state index contributed by atoms with van der Waals surface area (Å²) in [5.41, 5.74) is 5.91. The van der Waals surface area contributed by atoms with Gasteiger partial charge in [-0.15, -0.1) is 0 Å². The van der Waals surface area contributed by atoms with Crippen LogP contribution in [-0.4, -0.2) is 39.0 Å². The van der Waals surface area contributed by atoms with Gasteiger partial charge < -0.3 is 5.73 Å². The second kappa shape index (κ2) is 6.96. The van der Waals surface area contributed by atoms with Gasteiger partial charge in [0, 0.05) is 17.6 Å². The Morgan fingerprint density at radius 1 is 1.33 bits per heavy atom. The fraction of sp³-hybridized carbons (Fsp3) is 0.571. The van der Waals surface area contributed by atoms with E-state index >= 15 is 0 Å². The fourth-order valence-corrected chi connectivity index (χ4v) is 3.97. The van der Waals surface area contributed by atoms with Crippen molar-refractivity contribution in [1.29, 1.82) is 0 Å². The van der Waals surface area contributed by atoms with E-state index in [0.29, 0.717) is 11.6 Å². The number of hydrogen-bond acceptors (Lipinski definition) is 4. The first kappa shape index (κ1) is 16.5. The maximum Gasteiger partial charge on any atom is 0.242 e. The van der Waals surface area contributed by atoms with Gasteiger partial charge in [0.2, 0.25) is 10.0 Å². The molecule has 1 heterocycles. The van der Waals surface area contributed by atoms with Crippen LogP contribution in [0.2, 0.25) is 5.02 Å². The van der Waals surface area contributed by atoms with Gasteiger partial charge in [-0.25, -0.2) is 13.1 Å². The Kier molecular flexibility index (Phi) is 5.48. The van der Waals surface area contributed by atoms with Crippen molar-refractivity contribution in [2.24, 2.45) is 0 Å². The Labute approximate surface area is 131 Å². The predicted molar refractivity (Wildman–Crippen MR) is 85.9 cm³/mol. The van der Waals surface area contributed by atoms with Gasteiger partial charge in [0.15, 0.2) is 0 Å². The van der Waals surface area contributed by atoms with Gasteiger partial charge in [-0.05, 0) is 51.1 Å². The van der Waals surface area contributed by atoms with E-state index in [1.165, 1.54) is 37.5 Å². The van der Waals surface area contributed by atoms with Crippen molar-refractivity contribution in [2.45, 2.75) is 37.1 Å². The summed E-state index contributed by atoms with van der Waals surface area (Å²) in [5.74, 6) is 0. The van der Waals surface area contributed by atoms with Crippen LogP contribution in [0.3, 0.4) is 0 Å². The molecule has 118 valence electrons. The largest absolute Gasteiger partial charge is 0.398 e. The minimum atomic E-state index is -3.60. The van der Waals surface area contributed by atoms with E-state index in [9.17, 15) is 8.42 Å². The average Bonchev–Trinajstić information content (AvgIpc) is 2.45. The summed E-state index contributed by atoms with van der Waals surface area (Å²) in [5, 5.41) is 0.424. The molecule has 1 aliphatic rings. The van der Waals surface area contributed by atoms with Crippen LogP contribution in [-0.2, 0) is 10.0 Å². The molecule has 1 atom stereocenters. The van der Waals surface area contributed by atoms with Gasteiger partial charge >= 0.3 is 0 Å². The van der Waals surface area contributed by atoms with E-state index in [1.807, 2.05) is 6.92 Å². The van der Waals surface area contributed by atoms with Crippen LogP contribution in [0.1, 0.15) is 26.2 Å². The molecule has 1 unspecified atom stereocenters. The molecule has 0 spiro atoms. The minimum Gasteiger partial charge on any atom is -0.398 e. The Morgan fingerprint density at radius 2 is 2.00 bits per heavy atom. The van der Waals surface area contributed by atoms with E-state index < -0.39 is 10.0 Å². The van der Waals surface area contributed by atoms with Crippen LogP contribution < -0.4 is 10.5 Å². The molecule has 1 aromatic carbocycles. The molecule has 0 amide bonds. The number of benzene rings is 1. The lowest BCUT2D eigenvalue weighted by atomic mass is 10.1. The Bertz CT molecular complexity index is 586. The van der Waals surface area contributed by atoms with Crippen molar-refractivity contribution in [3.63, 3.8) is 0 Å². The number of nitrogens with zero attached hydrogens (tertiary/aromatic N) is 1. The number of likely N-dealkylation sites (tertiary alicyclic amines) is 1. The summed E-state index contributed by atoms with van der Waals surface area (Å²) >= 11 is 5.79. The monoisotopic (exact) mass is 331 g/mol. The number of piperidine rings is 1. The van der Waals surface area contributed by atoms with E-state index in [0.717, 1.165) is 13.1 Å². The quantitative estimate of drug-likeness (QED) is 0.810. The molecular weight excluding hydrogens is 310 g/mol. The summed E-state index contributed by atoms with van der Waals surface area (Å²) in [6.45, 7) is 4.49. The second-order valence-electron chi connectivity index (χ2n) is 5.48. The number of anilines is 1. The average molecular weight is 332 g/mol. The molecular formula is C14H22ClN3O2S. The molecule has 1 fully saturated rings. The highest BCUT2D eigenvalue weighted by Crippen LogP contribution is 2.22. The Morgan fingerprint density at radius 3 is 2.62 bits per heavy atom. The van der Waals surface area contributed by atoms with Crippen LogP contribution in [0.15, 0.2) is 23.1 Å². The van der Waals surface area contributed by atoms with Crippen molar-refractivity contribution >= 4 is 27.3 Å². The fourth-order valence-electron chi connectivity index (χ4n) is 2.56. The number of sulfonamides is 1. The van der Waals surface area contributed by atoms with Crippen LogP contribution in [0, 0.1) is 0 Å². The Balaban J connectivity index is 2.00. The van der Waals surface area contributed by atoms with E-state index in [2.05, 4.69) is 9.62 Å². The molecule has 7 heteroatoms. The van der Waals surface area contributed by atoms with E-state index in [1.54, 1.807) is 0 Å². The number of halogens is 1. The Hall–Kier alpha value is -0.820. The maximum atomic E-state index is 12.3. The van der Waals surface area contributed by atoms with E-state index in [-0.39, 0.29) is 16.6 Å². The van der Waals surface area contributed by atoms with Crippen molar-refractivity contribution in [3.8, 4) is 0 Å². The van der Waals surface area contributed by atoms with Gasteiger partial charge in [-0.3, -0.25) is 4.90 Å². The van der Waals surface area contributed by atoms with Gasteiger partial charge in [-0.2, -0.15) is 0 Å². The minimum absolute atomic E-state index is 0.0812. The maximum absolute atomic E-state index is 12.3. The van der Waals surface area contributed by atoms with Crippen LogP contribution in [0.5, 0.6) is 0 Å². The molecule has 21 heavy (non-hydrogen) atoms. The summed E-state index contributed by atoms with van der Waals surface area (Å²) in [7, 11) is -3.60. The summed E-state index contributed by atoms with van der Waals surface area (Å²) in [6.07, 6.45) is 3.62. The highest BCUT2D eigenvalue weighted by Gasteiger charge is 2.21. The number of nitrogens with two attached hydrogens (primary N) is 1. The van der Waals surface area contributed by atoms with Gasteiger partial charge in [-0.1, -0.05) is 18.0 Å². The molecule has 0 saturated carbocycles. The standard InChI is InChI=1S/C14H22ClN3O2S/c1-11(18-7-3-2-4-8-18)10-17-21(19,20)14-6-5-12(15)9-13(14)16/h5-6,9,11,17H,2-4,7-8,10,16H2,1H3. The molecule has 5 nitrogen and oxygen atoms in total. The SMILES string of the molecule is CC(CNS(=O)(=O)c1ccc(Cl)cc1N)N1CCCCC1. The first-order valence-corrected chi connectivity index (χ1v) is 9.05. The topological polar surface area (TPSA) is 75.4 Å². The highest BCUT2D eigenvalue weighted by atomic mass is 35.5. The molecule has 1 aliphatic heterocycles. The third kappa shape index (κ3) is 4.32. The van der Waals surface area contributed by atoms with Crippen molar-refractivity contribution in [1.82, 2.24) is 9.62 Å². The third-order valence-electron chi connectivity index (χ3n) is 3.84. The molecule has 3 N–H and O–H groups in total. The molecule has 0 radical (unpaired) electrons. The molecule has 2 rings (SSSR count). The number of nitrogen functional groups attached to an aromatic ring is 1. The zero-order valence-electron chi connectivity index (χ0n) is 12.2. The summed E-state index contributed by atoms with van der Waals surface area (Å²) < 4.78 is 27.2. The third-order valence-corrected chi connectivity index (χ3v) is 5.58. The number of hydrogen-bond donors (Lipinski definition) is 2. The molecule has 1 aromatic rings. The van der Waals surface area contributed by atoms with Crippen LogP contribution >= 0.6 is 11.6 Å². The first-order chi connectivity index (χ1) is 9.90. The van der Waals surface area contributed by atoms with Gasteiger partial charge in [0.05, 0.1) is 5.69 Å². The lowest BCUT2D eigenvalue weighted by Gasteiger charge is -2.32. The smallest absolute Gasteiger partial charge is 0.242 e. The van der Waals surface area contributed by atoms with E-state index in [4.69, 9.17) is 17.3 Å². The zero-order chi connectivity index (χ0) is 15.5. The number of nitrogens with one attached hydrogen (secondary N) is 1. The predicted octanol–water partition coefficient (Wildman–Crippen LogP) is 2.07. The zero-order valence-corrected chi connectivity index (χ0v) is 13.8. The van der Waals surface area contributed by atoms with Crippen molar-refractivity contribution in [2.75, 3.05) is 25.4 Å². The van der Waals surface area contributed by atoms with Crippen LogP contribution in [0.25, 0.3) is 0 Å². The highest BCUT2D eigenvalue weighted by molar-refractivity contribution is 7.89. The second-order valence-corrected chi connectivity index (χ2v) is 7.65. The molecule has 0 aromatic heterocycles. The normalized spacial score (nSPS) is 18.6. The van der Waals surface area contributed by atoms with Crippen LogP contribution in [0.4, 0.5) is 5.69 Å². The number of rotatable bonds is 5. The van der Waals surface area contributed by atoms with Crippen molar-refractivity contribution < 1.29 is 8.42 Å². The lowest BCUT2D eigenvalue weighted by molar-refractivity contribution is 0.175. The molecule has 1 saturated heterocycles. The summed E-state index contributed by atoms with van der Waals surface area (Å²) in [4.78, 5) is 2.40. The molecule has 0 aliphatic carbocycles.